The van der Waals surface area contributed by atoms with Crippen LogP contribution in [0.1, 0.15) is 0 Å². The van der Waals surface area contributed by atoms with E-state index >= 15 is 0 Å². The summed E-state index contributed by atoms with van der Waals surface area (Å²) in [7, 11) is 0. The molecule has 0 unspecified atom stereocenters. The van der Waals surface area contributed by atoms with E-state index in [0.717, 1.165) is 127 Å². The molecule has 0 amide bonds. The molecule has 0 bridgehead atoms. The van der Waals surface area contributed by atoms with E-state index < -0.39 is 0 Å². The van der Waals surface area contributed by atoms with Gasteiger partial charge in [-0.1, -0.05) is 346 Å². The number of para-hydroxylation sites is 2. The van der Waals surface area contributed by atoms with Gasteiger partial charge in [0.1, 0.15) is 0 Å². The van der Waals surface area contributed by atoms with Gasteiger partial charge >= 0.3 is 0 Å². The van der Waals surface area contributed by atoms with Crippen LogP contribution in [0.5, 0.6) is 0 Å². The maximum atomic E-state index is 5.41. The SMILES string of the molecule is c1ccc(-c2ccc3cc(-c4nc(-c5ccccc5)nc(-c5ccccc5-c5ccccc5-n5c6cc7ccccc7cc6c6c7cccc(-c8ccc(-c9ccc%10cc(-c%11nc(-c%12ccccc%12)nc(-c%12cccc(-c%13ccccc%13-n%13c%14cc%15ccccc%15cc%14c%14c%15ccccc%15ccc%14%13)c%12)n%11)ccc%10c9)cc8)c7ccc65)n4)ccc3c2)cc1. The summed E-state index contributed by atoms with van der Waals surface area (Å²) in [5.41, 5.74) is 23.2. The van der Waals surface area contributed by atoms with Crippen LogP contribution < -0.4 is 0 Å². The first-order chi connectivity index (χ1) is 60.4. The Kier molecular flexibility index (Phi) is 16.5. The van der Waals surface area contributed by atoms with Crippen LogP contribution in [0.25, 0.3) is 244 Å². The number of aromatic nitrogens is 8. The lowest BCUT2D eigenvalue weighted by Gasteiger charge is -2.17. The Hall–Kier alpha value is -16.4. The molecule has 8 nitrogen and oxygen atoms in total. The third kappa shape index (κ3) is 12.0. The van der Waals surface area contributed by atoms with Crippen molar-refractivity contribution < 1.29 is 0 Å². The van der Waals surface area contributed by atoms with Gasteiger partial charge in [0.15, 0.2) is 34.9 Å². The van der Waals surface area contributed by atoms with Crippen LogP contribution in [-0.2, 0) is 0 Å². The smallest absolute Gasteiger partial charge is 0.164 e. The molecule has 24 aromatic rings. The molecule has 566 valence electrons. The van der Waals surface area contributed by atoms with Gasteiger partial charge < -0.3 is 9.13 Å². The predicted molar refractivity (Wildman–Crippen MR) is 507 cm³/mol. The molecular weight excluding hydrogens is 1480 g/mol. The van der Waals surface area contributed by atoms with Crippen LogP contribution in [-0.4, -0.2) is 39.0 Å². The van der Waals surface area contributed by atoms with E-state index in [2.05, 4.69) is 397 Å². The molecule has 0 fully saturated rings. The Labute approximate surface area is 702 Å². The summed E-state index contributed by atoms with van der Waals surface area (Å²) in [5, 5.41) is 18.9. The first-order valence-corrected chi connectivity index (χ1v) is 41.4. The maximum absolute atomic E-state index is 5.41. The van der Waals surface area contributed by atoms with E-state index in [1.807, 2.05) is 36.4 Å². The van der Waals surface area contributed by atoms with Crippen LogP contribution >= 0.6 is 0 Å². The van der Waals surface area contributed by atoms with Crippen molar-refractivity contribution in [3.63, 3.8) is 0 Å². The van der Waals surface area contributed by atoms with Crippen molar-refractivity contribution in [3.05, 3.63) is 425 Å². The number of fused-ring (bicyclic) bond motifs is 14. The highest BCUT2D eigenvalue weighted by molar-refractivity contribution is 6.26. The second-order valence-electron chi connectivity index (χ2n) is 31.6. The van der Waals surface area contributed by atoms with E-state index in [-0.39, 0.29) is 0 Å². The van der Waals surface area contributed by atoms with Gasteiger partial charge in [-0.15, -0.1) is 0 Å². The van der Waals surface area contributed by atoms with Gasteiger partial charge in [0, 0.05) is 66.1 Å². The highest BCUT2D eigenvalue weighted by Gasteiger charge is 2.25. The highest BCUT2D eigenvalue weighted by atomic mass is 15.0. The summed E-state index contributed by atoms with van der Waals surface area (Å²) >= 11 is 0. The van der Waals surface area contributed by atoms with E-state index in [1.54, 1.807) is 0 Å². The molecule has 0 aliphatic heterocycles. The summed E-state index contributed by atoms with van der Waals surface area (Å²) in [6.45, 7) is 0. The lowest BCUT2D eigenvalue weighted by Crippen LogP contribution is -2.02. The fourth-order valence-electron chi connectivity index (χ4n) is 18.6. The molecule has 0 aliphatic carbocycles. The average Bonchev–Trinajstić information content (AvgIpc) is 1.56. The molecule has 0 aliphatic rings. The Morgan fingerprint density at radius 1 is 0.139 bits per heavy atom. The van der Waals surface area contributed by atoms with Crippen LogP contribution in [0.4, 0.5) is 0 Å². The normalized spacial score (nSPS) is 11.8. The Morgan fingerprint density at radius 2 is 0.475 bits per heavy atom. The minimum Gasteiger partial charge on any atom is -0.309 e. The zero-order valence-electron chi connectivity index (χ0n) is 66.0. The second-order valence-corrected chi connectivity index (χ2v) is 31.6. The zero-order chi connectivity index (χ0) is 80.3. The lowest BCUT2D eigenvalue weighted by atomic mass is 9.93. The van der Waals surface area contributed by atoms with Crippen molar-refractivity contribution in [2.45, 2.75) is 0 Å². The minimum absolute atomic E-state index is 0.591. The molecule has 4 aromatic heterocycles. The minimum atomic E-state index is 0.591. The van der Waals surface area contributed by atoms with Gasteiger partial charge in [0.05, 0.1) is 33.4 Å². The topological polar surface area (TPSA) is 87.2 Å². The number of hydrogen-bond donors (Lipinski definition) is 0. The van der Waals surface area contributed by atoms with Gasteiger partial charge in [-0.2, -0.15) is 0 Å². The number of nitrogens with zero attached hydrogens (tertiary/aromatic N) is 8. The van der Waals surface area contributed by atoms with Crippen LogP contribution in [0, 0.1) is 0 Å². The molecule has 0 atom stereocenters. The number of rotatable bonds is 13. The quantitative estimate of drug-likeness (QED) is 0.114. The maximum Gasteiger partial charge on any atom is 0.164 e. The molecule has 4 heterocycles. The van der Waals surface area contributed by atoms with E-state index in [0.29, 0.717) is 34.9 Å². The van der Waals surface area contributed by atoms with Crippen LogP contribution in [0.2, 0.25) is 0 Å². The summed E-state index contributed by atoms with van der Waals surface area (Å²) in [6.07, 6.45) is 0. The third-order valence-corrected chi connectivity index (χ3v) is 24.5. The molecule has 0 saturated heterocycles. The standard InChI is InChI=1S/C114H70N8/c1-4-24-71(25-5-1)81-50-52-85-65-90(57-55-83(85)62-81)113-117-110(76-29-8-3-9-30-76)119-114(120-113)98-41-17-16-39-94(98)96-40-19-21-45-102(96)122-104-61-59-95-91(42-23-43-97(95)108(104)100-68-78-32-11-13-34-80(78)70-106(100)122)74-48-46-72(47-49-74)82-51-53-86-64-89(56-54-84(86)63-82)112-116-109(75-27-6-2-7-28-75)115-111(118-112)88-36-22-35-87(66-88)92-37-18-20-44-101(92)121-103-60-58-73-26-14-15-38-93(73)107(103)99-67-77-31-10-12-33-79(77)69-105(99)121/h1-70H. The fraction of sp³-hybridized carbons (Fsp3) is 0. The van der Waals surface area contributed by atoms with Gasteiger partial charge in [-0.3, -0.25) is 0 Å². The van der Waals surface area contributed by atoms with Crippen LogP contribution in [0.3, 0.4) is 0 Å². The molecule has 20 aromatic carbocycles. The molecule has 0 spiro atoms. The van der Waals surface area contributed by atoms with Gasteiger partial charge in [0.2, 0.25) is 0 Å². The molecule has 24 rings (SSSR count). The molecule has 0 radical (unpaired) electrons. The first kappa shape index (κ1) is 69.8. The largest absolute Gasteiger partial charge is 0.309 e. The van der Waals surface area contributed by atoms with Crippen LogP contribution in [0.15, 0.2) is 425 Å². The third-order valence-electron chi connectivity index (χ3n) is 24.5. The van der Waals surface area contributed by atoms with Gasteiger partial charge in [0.25, 0.3) is 0 Å². The second kappa shape index (κ2) is 28.7. The summed E-state index contributed by atoms with van der Waals surface area (Å²) < 4.78 is 4.93. The Morgan fingerprint density at radius 3 is 1.04 bits per heavy atom. The van der Waals surface area contributed by atoms with E-state index in [1.165, 1.54) is 81.3 Å². The van der Waals surface area contributed by atoms with Crippen molar-refractivity contribution in [1.29, 1.82) is 0 Å². The predicted octanol–water partition coefficient (Wildman–Crippen LogP) is 29.5. The molecule has 122 heavy (non-hydrogen) atoms. The number of hydrogen-bond acceptors (Lipinski definition) is 6. The summed E-state index contributed by atoms with van der Waals surface area (Å²) in [5.74, 6) is 3.61. The summed E-state index contributed by atoms with van der Waals surface area (Å²) in [6, 6.07) is 153. The number of benzene rings is 20. The monoisotopic (exact) mass is 1550 g/mol. The van der Waals surface area contributed by atoms with E-state index in [4.69, 9.17) is 29.9 Å². The van der Waals surface area contributed by atoms with Crippen molar-refractivity contribution in [2.24, 2.45) is 0 Å². The molecule has 0 saturated carbocycles. The lowest BCUT2D eigenvalue weighted by molar-refractivity contribution is 1.07. The van der Waals surface area contributed by atoms with Crippen molar-refractivity contribution in [3.8, 4) is 135 Å². The van der Waals surface area contributed by atoms with E-state index in [9.17, 15) is 0 Å². The molecule has 8 heteroatoms. The van der Waals surface area contributed by atoms with Crippen molar-refractivity contribution in [2.75, 3.05) is 0 Å². The van der Waals surface area contributed by atoms with Crippen molar-refractivity contribution in [1.82, 2.24) is 39.0 Å². The fourth-order valence-corrected chi connectivity index (χ4v) is 18.6. The van der Waals surface area contributed by atoms with Gasteiger partial charge in [-0.05, 0) is 188 Å². The summed E-state index contributed by atoms with van der Waals surface area (Å²) in [4.78, 5) is 31.8. The molecule has 0 N–H and O–H groups in total. The van der Waals surface area contributed by atoms with Gasteiger partial charge in [-0.25, -0.2) is 29.9 Å². The first-order valence-electron chi connectivity index (χ1n) is 41.4. The highest BCUT2D eigenvalue weighted by Crippen LogP contribution is 2.47. The Balaban J connectivity index is 0.560. The average molecular weight is 1550 g/mol. The molecular formula is C114H70N8. The van der Waals surface area contributed by atoms with Crippen molar-refractivity contribution >= 4 is 108 Å². The Bertz CT molecular complexity index is 8380. The zero-order valence-corrected chi connectivity index (χ0v) is 66.0.